The molecule has 0 bridgehead atoms. The lowest BCUT2D eigenvalue weighted by atomic mass is 10.1. The highest BCUT2D eigenvalue weighted by Gasteiger charge is 2.14. The first-order valence-corrected chi connectivity index (χ1v) is 5.64. The van der Waals surface area contributed by atoms with Gasteiger partial charge >= 0.3 is 0 Å². The minimum absolute atomic E-state index is 0.0856. The number of carbonyl (C=O) groups is 1. The topological polar surface area (TPSA) is 71.8 Å². The molecule has 2 rings (SSSR count). The van der Waals surface area contributed by atoms with Crippen molar-refractivity contribution in [2.75, 3.05) is 19.6 Å². The zero-order valence-corrected chi connectivity index (χ0v) is 9.22. The number of rotatable bonds is 5. The minimum Gasteiger partial charge on any atom is -0.356 e. The molecule has 1 saturated heterocycles. The van der Waals surface area contributed by atoms with Crippen LogP contribution in [0, 0.1) is 5.92 Å². The zero-order chi connectivity index (χ0) is 11.2. The van der Waals surface area contributed by atoms with Gasteiger partial charge in [0.25, 0.3) is 0 Å². The molecule has 1 aromatic rings. The average molecular weight is 223 g/mol. The molecule has 1 aliphatic heterocycles. The molecule has 16 heavy (non-hydrogen) atoms. The maximum Gasteiger partial charge on any atom is 0.221 e. The highest BCUT2D eigenvalue weighted by molar-refractivity contribution is 5.75. The number of nitrogens with zero attached hydrogens (tertiary/aromatic N) is 3. The predicted octanol–water partition coefficient (Wildman–Crippen LogP) is -0.606. The van der Waals surface area contributed by atoms with E-state index in [2.05, 4.69) is 20.7 Å². The molecule has 0 radical (unpaired) electrons. The summed E-state index contributed by atoms with van der Waals surface area (Å²) in [5, 5.41) is 10.2. The Labute approximate surface area is 94.4 Å². The third kappa shape index (κ3) is 3.30. The van der Waals surface area contributed by atoms with Crippen LogP contribution in [0.4, 0.5) is 0 Å². The molecule has 1 amide bonds. The molecular weight excluding hydrogens is 206 g/mol. The number of amides is 1. The van der Waals surface area contributed by atoms with Crippen LogP contribution >= 0.6 is 0 Å². The standard InChI is InChI=1S/C10H17N5O/c16-10(2-4-15-8-12-7-14-15)13-6-9-1-3-11-5-9/h7-9,11H,1-6H2,(H,13,16). The lowest BCUT2D eigenvalue weighted by Gasteiger charge is -2.09. The third-order valence-corrected chi connectivity index (χ3v) is 2.78. The van der Waals surface area contributed by atoms with E-state index in [1.54, 1.807) is 11.0 Å². The summed E-state index contributed by atoms with van der Waals surface area (Å²) < 4.78 is 1.66. The van der Waals surface area contributed by atoms with Crippen LogP contribution in [0.2, 0.25) is 0 Å². The van der Waals surface area contributed by atoms with E-state index >= 15 is 0 Å². The van der Waals surface area contributed by atoms with Crippen molar-refractivity contribution in [3.63, 3.8) is 0 Å². The van der Waals surface area contributed by atoms with E-state index in [-0.39, 0.29) is 5.91 Å². The Kier molecular flexibility index (Phi) is 3.87. The van der Waals surface area contributed by atoms with Crippen molar-refractivity contribution in [3.05, 3.63) is 12.7 Å². The van der Waals surface area contributed by atoms with Gasteiger partial charge in [-0.25, -0.2) is 4.98 Å². The molecule has 0 aliphatic carbocycles. The number of aromatic nitrogens is 3. The highest BCUT2D eigenvalue weighted by atomic mass is 16.1. The van der Waals surface area contributed by atoms with E-state index in [0.717, 1.165) is 26.1 Å². The first kappa shape index (κ1) is 11.1. The molecule has 1 atom stereocenters. The normalized spacial score (nSPS) is 19.9. The fourth-order valence-electron chi connectivity index (χ4n) is 1.80. The summed E-state index contributed by atoms with van der Waals surface area (Å²) in [5.41, 5.74) is 0. The van der Waals surface area contributed by atoms with E-state index < -0.39 is 0 Å². The Morgan fingerprint density at radius 3 is 3.25 bits per heavy atom. The van der Waals surface area contributed by atoms with Gasteiger partial charge in [0.1, 0.15) is 12.7 Å². The summed E-state index contributed by atoms with van der Waals surface area (Å²) in [7, 11) is 0. The number of hydrogen-bond donors (Lipinski definition) is 2. The Morgan fingerprint density at radius 2 is 2.56 bits per heavy atom. The van der Waals surface area contributed by atoms with Crippen molar-refractivity contribution in [2.24, 2.45) is 5.92 Å². The lowest BCUT2D eigenvalue weighted by Crippen LogP contribution is -2.30. The molecule has 0 aromatic carbocycles. The predicted molar refractivity (Wildman–Crippen MR) is 58.6 cm³/mol. The Morgan fingerprint density at radius 1 is 1.62 bits per heavy atom. The lowest BCUT2D eigenvalue weighted by molar-refractivity contribution is -0.121. The van der Waals surface area contributed by atoms with Crippen LogP contribution in [0.5, 0.6) is 0 Å². The second kappa shape index (κ2) is 5.60. The number of carbonyl (C=O) groups excluding carboxylic acids is 1. The van der Waals surface area contributed by atoms with Crippen LogP contribution < -0.4 is 10.6 Å². The summed E-state index contributed by atoms with van der Waals surface area (Å²) in [6, 6.07) is 0. The fraction of sp³-hybridized carbons (Fsp3) is 0.700. The van der Waals surface area contributed by atoms with Gasteiger partial charge in [0, 0.05) is 13.0 Å². The van der Waals surface area contributed by atoms with Gasteiger partial charge in [0.2, 0.25) is 5.91 Å². The second-order valence-electron chi connectivity index (χ2n) is 4.07. The van der Waals surface area contributed by atoms with Gasteiger partial charge in [-0.1, -0.05) is 0 Å². The summed E-state index contributed by atoms with van der Waals surface area (Å²) in [6.45, 7) is 3.46. The average Bonchev–Trinajstić information content (AvgIpc) is 2.96. The molecule has 1 fully saturated rings. The molecule has 2 N–H and O–H groups in total. The van der Waals surface area contributed by atoms with E-state index in [4.69, 9.17) is 0 Å². The number of nitrogens with one attached hydrogen (secondary N) is 2. The van der Waals surface area contributed by atoms with Crippen molar-refractivity contribution >= 4 is 5.91 Å². The van der Waals surface area contributed by atoms with E-state index in [1.165, 1.54) is 6.33 Å². The fourth-order valence-corrected chi connectivity index (χ4v) is 1.80. The smallest absolute Gasteiger partial charge is 0.221 e. The van der Waals surface area contributed by atoms with Gasteiger partial charge in [-0.2, -0.15) is 5.10 Å². The zero-order valence-electron chi connectivity index (χ0n) is 9.22. The molecular formula is C10H17N5O. The molecule has 6 nitrogen and oxygen atoms in total. The van der Waals surface area contributed by atoms with Crippen LogP contribution in [-0.4, -0.2) is 40.3 Å². The maximum atomic E-state index is 11.5. The number of hydrogen-bond acceptors (Lipinski definition) is 4. The minimum atomic E-state index is 0.0856. The summed E-state index contributed by atoms with van der Waals surface area (Å²) in [5.74, 6) is 0.678. The maximum absolute atomic E-state index is 11.5. The highest BCUT2D eigenvalue weighted by Crippen LogP contribution is 2.05. The molecule has 6 heteroatoms. The number of aryl methyl sites for hydroxylation is 1. The van der Waals surface area contributed by atoms with Crippen molar-refractivity contribution in [2.45, 2.75) is 19.4 Å². The van der Waals surface area contributed by atoms with Gasteiger partial charge in [0.05, 0.1) is 6.54 Å². The summed E-state index contributed by atoms with van der Waals surface area (Å²) >= 11 is 0. The molecule has 1 unspecified atom stereocenters. The van der Waals surface area contributed by atoms with Gasteiger partial charge in [-0.05, 0) is 25.4 Å². The molecule has 1 aliphatic rings. The first-order valence-electron chi connectivity index (χ1n) is 5.64. The Hall–Kier alpha value is -1.43. The second-order valence-corrected chi connectivity index (χ2v) is 4.07. The van der Waals surface area contributed by atoms with Crippen LogP contribution in [-0.2, 0) is 11.3 Å². The van der Waals surface area contributed by atoms with Crippen molar-refractivity contribution < 1.29 is 4.79 Å². The van der Waals surface area contributed by atoms with Crippen LogP contribution in [0.1, 0.15) is 12.8 Å². The van der Waals surface area contributed by atoms with Gasteiger partial charge in [-0.15, -0.1) is 0 Å². The quantitative estimate of drug-likeness (QED) is 0.699. The molecule has 0 saturated carbocycles. The van der Waals surface area contributed by atoms with Crippen molar-refractivity contribution in [1.29, 1.82) is 0 Å². The summed E-state index contributed by atoms with van der Waals surface area (Å²) in [6.07, 6.45) is 4.71. The Balaban J connectivity index is 1.60. The molecule has 88 valence electrons. The van der Waals surface area contributed by atoms with Gasteiger partial charge in [0.15, 0.2) is 0 Å². The van der Waals surface area contributed by atoms with Gasteiger partial charge in [-0.3, -0.25) is 9.48 Å². The summed E-state index contributed by atoms with van der Waals surface area (Å²) in [4.78, 5) is 15.3. The van der Waals surface area contributed by atoms with Crippen molar-refractivity contribution in [1.82, 2.24) is 25.4 Å². The van der Waals surface area contributed by atoms with Crippen molar-refractivity contribution in [3.8, 4) is 0 Å². The van der Waals surface area contributed by atoms with Gasteiger partial charge < -0.3 is 10.6 Å². The monoisotopic (exact) mass is 223 g/mol. The van der Waals surface area contributed by atoms with Crippen LogP contribution in [0.15, 0.2) is 12.7 Å². The largest absolute Gasteiger partial charge is 0.356 e. The van der Waals surface area contributed by atoms with E-state index in [1.807, 2.05) is 0 Å². The van der Waals surface area contributed by atoms with E-state index in [0.29, 0.717) is 18.9 Å². The SMILES string of the molecule is O=C(CCn1cncn1)NCC1CCNC1. The molecule has 1 aromatic heterocycles. The third-order valence-electron chi connectivity index (χ3n) is 2.78. The molecule has 0 spiro atoms. The first-order chi connectivity index (χ1) is 7.84. The van der Waals surface area contributed by atoms with Crippen LogP contribution in [0.25, 0.3) is 0 Å². The van der Waals surface area contributed by atoms with Crippen LogP contribution in [0.3, 0.4) is 0 Å². The molecule has 2 heterocycles. The van der Waals surface area contributed by atoms with E-state index in [9.17, 15) is 4.79 Å². The Bertz CT molecular complexity index is 318.